The Hall–Kier alpha value is -1.13. The summed E-state index contributed by atoms with van der Waals surface area (Å²) in [5, 5.41) is 0. The highest BCUT2D eigenvalue weighted by atomic mass is 19.1. The molecule has 0 aromatic heterocycles. The van der Waals surface area contributed by atoms with Crippen LogP contribution in [0.4, 0.5) is 4.39 Å². The van der Waals surface area contributed by atoms with Crippen LogP contribution in [0.1, 0.15) is 25.0 Å². The van der Waals surface area contributed by atoms with Crippen LogP contribution in [0.15, 0.2) is 12.1 Å². The first-order valence-electron chi connectivity index (χ1n) is 5.51. The van der Waals surface area contributed by atoms with Gasteiger partial charge in [-0.1, -0.05) is 6.07 Å². The van der Waals surface area contributed by atoms with Crippen LogP contribution in [0.25, 0.3) is 0 Å². The Labute approximate surface area is 102 Å². The lowest BCUT2D eigenvalue weighted by molar-refractivity contribution is 0.181. The van der Waals surface area contributed by atoms with Gasteiger partial charge in [-0.05, 0) is 26.3 Å². The predicted molar refractivity (Wildman–Crippen MR) is 65.6 cm³/mol. The summed E-state index contributed by atoms with van der Waals surface area (Å²) >= 11 is 0. The average molecular weight is 241 g/mol. The van der Waals surface area contributed by atoms with E-state index in [0.29, 0.717) is 23.3 Å². The Kier molecular flexibility index (Phi) is 4.48. The van der Waals surface area contributed by atoms with Gasteiger partial charge in [0.25, 0.3) is 0 Å². The summed E-state index contributed by atoms with van der Waals surface area (Å²) in [4.78, 5) is 0. The second kappa shape index (κ2) is 5.47. The van der Waals surface area contributed by atoms with E-state index < -0.39 is 5.54 Å². The Bertz CT molecular complexity index is 386. The van der Waals surface area contributed by atoms with E-state index in [2.05, 4.69) is 0 Å². The Morgan fingerprint density at radius 2 is 1.94 bits per heavy atom. The van der Waals surface area contributed by atoms with Gasteiger partial charge in [-0.2, -0.15) is 0 Å². The molecule has 0 amide bonds. The van der Waals surface area contributed by atoms with Crippen LogP contribution < -0.4 is 10.5 Å². The summed E-state index contributed by atoms with van der Waals surface area (Å²) in [6, 6.07) is 3.42. The Morgan fingerprint density at radius 1 is 1.29 bits per heavy atom. The number of benzene rings is 1. The number of halogens is 1. The summed E-state index contributed by atoms with van der Waals surface area (Å²) in [6.07, 6.45) is 0.416. The van der Waals surface area contributed by atoms with Gasteiger partial charge in [0.2, 0.25) is 0 Å². The first-order chi connectivity index (χ1) is 7.89. The fourth-order valence-electron chi connectivity index (χ4n) is 1.73. The quantitative estimate of drug-likeness (QED) is 0.860. The SMILES string of the molecule is COCc1ccc(OC)c(CC(C)(C)N)c1F. The van der Waals surface area contributed by atoms with E-state index in [-0.39, 0.29) is 12.4 Å². The highest BCUT2D eigenvalue weighted by Gasteiger charge is 2.20. The zero-order valence-corrected chi connectivity index (χ0v) is 10.8. The van der Waals surface area contributed by atoms with Crippen molar-refractivity contribution >= 4 is 0 Å². The van der Waals surface area contributed by atoms with E-state index in [1.54, 1.807) is 12.1 Å². The van der Waals surface area contributed by atoms with Crippen molar-refractivity contribution in [2.24, 2.45) is 5.73 Å². The Balaban J connectivity index is 3.17. The van der Waals surface area contributed by atoms with Crippen molar-refractivity contribution in [3.05, 3.63) is 29.1 Å². The normalized spacial score (nSPS) is 11.6. The molecule has 96 valence electrons. The molecule has 3 nitrogen and oxygen atoms in total. The fourth-order valence-corrected chi connectivity index (χ4v) is 1.73. The lowest BCUT2D eigenvalue weighted by Gasteiger charge is -2.21. The molecule has 0 fully saturated rings. The molecule has 17 heavy (non-hydrogen) atoms. The van der Waals surface area contributed by atoms with E-state index in [9.17, 15) is 4.39 Å². The molecule has 0 aliphatic heterocycles. The number of methoxy groups -OCH3 is 2. The molecular formula is C13H20FNO2. The lowest BCUT2D eigenvalue weighted by Crippen LogP contribution is -2.35. The van der Waals surface area contributed by atoms with Gasteiger partial charge >= 0.3 is 0 Å². The maximum Gasteiger partial charge on any atom is 0.135 e. The van der Waals surface area contributed by atoms with Crippen LogP contribution >= 0.6 is 0 Å². The van der Waals surface area contributed by atoms with Gasteiger partial charge < -0.3 is 15.2 Å². The van der Waals surface area contributed by atoms with Gasteiger partial charge in [0.15, 0.2) is 0 Å². The van der Waals surface area contributed by atoms with Gasteiger partial charge in [-0.15, -0.1) is 0 Å². The molecule has 0 aliphatic carbocycles. The maximum atomic E-state index is 14.2. The standard InChI is InChI=1S/C13H20FNO2/c1-13(2,15)7-10-11(17-4)6-5-9(8-16-3)12(10)14/h5-6H,7-8,15H2,1-4H3. The summed E-state index contributed by atoms with van der Waals surface area (Å²) < 4.78 is 24.3. The second-order valence-corrected chi connectivity index (χ2v) is 4.82. The van der Waals surface area contributed by atoms with Crippen LogP contribution in [0.3, 0.4) is 0 Å². The number of hydrogen-bond acceptors (Lipinski definition) is 3. The third-order valence-corrected chi connectivity index (χ3v) is 2.43. The molecule has 2 N–H and O–H groups in total. The predicted octanol–water partition coefficient (Wildman–Crippen LogP) is 2.26. The first kappa shape index (κ1) is 13.9. The topological polar surface area (TPSA) is 44.5 Å². The van der Waals surface area contributed by atoms with Crippen molar-refractivity contribution in [2.45, 2.75) is 32.4 Å². The summed E-state index contributed by atoms with van der Waals surface area (Å²) in [6.45, 7) is 3.96. The van der Waals surface area contributed by atoms with Crippen molar-refractivity contribution < 1.29 is 13.9 Å². The summed E-state index contributed by atoms with van der Waals surface area (Å²) in [7, 11) is 3.06. The molecule has 0 saturated heterocycles. The number of rotatable bonds is 5. The van der Waals surface area contributed by atoms with Gasteiger partial charge in [-0.3, -0.25) is 0 Å². The van der Waals surface area contributed by atoms with Crippen molar-refractivity contribution in [1.82, 2.24) is 0 Å². The number of nitrogens with two attached hydrogens (primary N) is 1. The molecule has 1 aromatic carbocycles. The highest BCUT2D eigenvalue weighted by molar-refractivity contribution is 5.39. The van der Waals surface area contributed by atoms with Crippen molar-refractivity contribution in [2.75, 3.05) is 14.2 Å². The largest absolute Gasteiger partial charge is 0.496 e. The van der Waals surface area contributed by atoms with Gasteiger partial charge in [0.1, 0.15) is 11.6 Å². The minimum atomic E-state index is -0.486. The van der Waals surface area contributed by atoms with Crippen LogP contribution in [0.5, 0.6) is 5.75 Å². The molecule has 0 aliphatic rings. The zero-order chi connectivity index (χ0) is 13.1. The zero-order valence-electron chi connectivity index (χ0n) is 10.8. The molecule has 0 atom stereocenters. The van der Waals surface area contributed by atoms with E-state index in [1.807, 2.05) is 13.8 Å². The van der Waals surface area contributed by atoms with Crippen LogP contribution in [0.2, 0.25) is 0 Å². The van der Waals surface area contributed by atoms with Gasteiger partial charge in [0, 0.05) is 23.8 Å². The minimum absolute atomic E-state index is 0.244. The van der Waals surface area contributed by atoms with E-state index in [1.165, 1.54) is 14.2 Å². The molecular weight excluding hydrogens is 221 g/mol. The third-order valence-electron chi connectivity index (χ3n) is 2.43. The number of hydrogen-bond donors (Lipinski definition) is 1. The van der Waals surface area contributed by atoms with Crippen LogP contribution in [0, 0.1) is 5.82 Å². The molecule has 0 radical (unpaired) electrons. The summed E-state index contributed by atoms with van der Waals surface area (Å²) in [5.74, 6) is 0.241. The lowest BCUT2D eigenvalue weighted by atomic mass is 9.94. The molecule has 0 saturated carbocycles. The van der Waals surface area contributed by atoms with Crippen molar-refractivity contribution in [1.29, 1.82) is 0 Å². The molecule has 0 unspecified atom stereocenters. The molecule has 1 aromatic rings. The Morgan fingerprint density at radius 3 is 2.41 bits per heavy atom. The number of ether oxygens (including phenoxy) is 2. The van der Waals surface area contributed by atoms with Crippen molar-refractivity contribution in [3.8, 4) is 5.75 Å². The monoisotopic (exact) mass is 241 g/mol. The molecule has 0 spiro atoms. The molecule has 0 bridgehead atoms. The van der Waals surface area contributed by atoms with Gasteiger partial charge in [-0.25, -0.2) is 4.39 Å². The minimum Gasteiger partial charge on any atom is -0.496 e. The molecule has 1 rings (SSSR count). The highest BCUT2D eigenvalue weighted by Crippen LogP contribution is 2.27. The van der Waals surface area contributed by atoms with E-state index in [4.69, 9.17) is 15.2 Å². The molecule has 4 heteroatoms. The maximum absolute atomic E-state index is 14.2. The van der Waals surface area contributed by atoms with Crippen LogP contribution in [-0.4, -0.2) is 19.8 Å². The second-order valence-electron chi connectivity index (χ2n) is 4.82. The first-order valence-corrected chi connectivity index (χ1v) is 5.51. The molecule has 0 heterocycles. The van der Waals surface area contributed by atoms with Gasteiger partial charge in [0.05, 0.1) is 13.7 Å². The smallest absolute Gasteiger partial charge is 0.135 e. The summed E-state index contributed by atoms with van der Waals surface area (Å²) in [5.41, 5.74) is 6.47. The van der Waals surface area contributed by atoms with Crippen LogP contribution in [-0.2, 0) is 17.8 Å². The average Bonchev–Trinajstić information content (AvgIpc) is 2.23. The fraction of sp³-hybridized carbons (Fsp3) is 0.538. The van der Waals surface area contributed by atoms with E-state index >= 15 is 0 Å². The third kappa shape index (κ3) is 3.68. The van der Waals surface area contributed by atoms with E-state index in [0.717, 1.165) is 0 Å². The van der Waals surface area contributed by atoms with Crippen molar-refractivity contribution in [3.63, 3.8) is 0 Å².